The van der Waals surface area contributed by atoms with Crippen molar-refractivity contribution in [2.45, 2.75) is 19.8 Å². The Hall–Kier alpha value is -0.740. The molecule has 0 aliphatic heterocycles. The monoisotopic (exact) mass is 262 g/mol. The van der Waals surface area contributed by atoms with E-state index in [4.69, 9.17) is 15.4 Å². The van der Waals surface area contributed by atoms with Crippen LogP contribution in [0.5, 0.6) is 5.75 Å². The molecule has 0 bridgehead atoms. The lowest BCUT2D eigenvalue weighted by molar-refractivity contribution is 0.337. The Kier molecular flexibility index (Phi) is 5.09. The number of ether oxygens (including phenoxy) is 1. The standard InChI is InChI=1S/C11H15ClO3S/c1-2-5-10-6-3-4-7-11(10)15-8-9-16(12,13)14/h3-4,6-7H,2,5,8-9H2,1H3. The van der Waals surface area contributed by atoms with E-state index in [1.54, 1.807) is 0 Å². The van der Waals surface area contributed by atoms with E-state index in [1.165, 1.54) is 0 Å². The number of benzene rings is 1. The van der Waals surface area contributed by atoms with Gasteiger partial charge in [0.05, 0.1) is 5.75 Å². The first-order valence-electron chi connectivity index (χ1n) is 5.16. The van der Waals surface area contributed by atoms with Crippen LogP contribution in [0.15, 0.2) is 24.3 Å². The van der Waals surface area contributed by atoms with Crippen LogP contribution in [0.25, 0.3) is 0 Å². The number of rotatable bonds is 6. The van der Waals surface area contributed by atoms with E-state index in [9.17, 15) is 8.42 Å². The van der Waals surface area contributed by atoms with Gasteiger partial charge in [-0.25, -0.2) is 8.42 Å². The van der Waals surface area contributed by atoms with Crippen LogP contribution in [0.2, 0.25) is 0 Å². The average molecular weight is 263 g/mol. The van der Waals surface area contributed by atoms with Gasteiger partial charge in [0.25, 0.3) is 0 Å². The summed E-state index contributed by atoms with van der Waals surface area (Å²) in [5, 5.41) is 0. The lowest BCUT2D eigenvalue weighted by Gasteiger charge is -2.09. The molecule has 0 radical (unpaired) electrons. The van der Waals surface area contributed by atoms with Crippen LogP contribution < -0.4 is 4.74 Å². The average Bonchev–Trinajstić information content (AvgIpc) is 2.19. The maximum absolute atomic E-state index is 10.7. The topological polar surface area (TPSA) is 43.4 Å². The molecule has 0 spiro atoms. The summed E-state index contributed by atoms with van der Waals surface area (Å²) in [6.07, 6.45) is 1.94. The quantitative estimate of drug-likeness (QED) is 0.740. The summed E-state index contributed by atoms with van der Waals surface area (Å²) in [5.41, 5.74) is 1.09. The van der Waals surface area contributed by atoms with Crippen molar-refractivity contribution in [3.05, 3.63) is 29.8 Å². The van der Waals surface area contributed by atoms with Gasteiger partial charge in [-0.3, -0.25) is 0 Å². The lowest BCUT2D eigenvalue weighted by atomic mass is 10.1. The number of hydrogen-bond donors (Lipinski definition) is 0. The molecule has 0 fully saturated rings. The Morgan fingerprint density at radius 2 is 2.00 bits per heavy atom. The third-order valence-electron chi connectivity index (χ3n) is 2.08. The molecule has 0 aromatic heterocycles. The van der Waals surface area contributed by atoms with Gasteiger partial charge >= 0.3 is 0 Å². The summed E-state index contributed by atoms with van der Waals surface area (Å²) in [6, 6.07) is 7.62. The van der Waals surface area contributed by atoms with E-state index in [0.29, 0.717) is 0 Å². The number of aryl methyl sites for hydroxylation is 1. The lowest BCUT2D eigenvalue weighted by Crippen LogP contribution is -2.09. The van der Waals surface area contributed by atoms with Crippen molar-refractivity contribution in [1.29, 1.82) is 0 Å². The minimum atomic E-state index is -3.47. The minimum absolute atomic E-state index is 0.0898. The normalized spacial score (nSPS) is 11.4. The van der Waals surface area contributed by atoms with E-state index in [2.05, 4.69) is 6.92 Å². The summed E-state index contributed by atoms with van der Waals surface area (Å²) < 4.78 is 26.8. The number of halogens is 1. The Morgan fingerprint density at radius 1 is 1.31 bits per heavy atom. The number of para-hydroxylation sites is 1. The van der Waals surface area contributed by atoms with Gasteiger partial charge in [0.15, 0.2) is 0 Å². The second-order valence-corrected chi connectivity index (χ2v) is 6.35. The van der Waals surface area contributed by atoms with Crippen molar-refractivity contribution in [3.8, 4) is 5.75 Å². The zero-order valence-electron chi connectivity index (χ0n) is 9.15. The highest BCUT2D eigenvalue weighted by atomic mass is 35.7. The first-order valence-corrected chi connectivity index (χ1v) is 7.64. The summed E-state index contributed by atoms with van der Waals surface area (Å²) in [7, 11) is 1.62. The molecule has 16 heavy (non-hydrogen) atoms. The second kappa shape index (κ2) is 6.11. The van der Waals surface area contributed by atoms with Crippen LogP contribution >= 0.6 is 10.7 Å². The Balaban J connectivity index is 2.59. The van der Waals surface area contributed by atoms with E-state index in [-0.39, 0.29) is 12.4 Å². The van der Waals surface area contributed by atoms with Crippen molar-refractivity contribution in [2.24, 2.45) is 0 Å². The molecular weight excluding hydrogens is 248 g/mol. The maximum Gasteiger partial charge on any atom is 0.235 e. The van der Waals surface area contributed by atoms with E-state index < -0.39 is 9.05 Å². The summed E-state index contributed by atoms with van der Waals surface area (Å²) in [6.45, 7) is 2.17. The van der Waals surface area contributed by atoms with Gasteiger partial charge in [-0.2, -0.15) is 0 Å². The predicted octanol–water partition coefficient (Wildman–Crippen LogP) is 2.59. The predicted molar refractivity (Wildman–Crippen MR) is 65.6 cm³/mol. The fourth-order valence-corrected chi connectivity index (χ4v) is 1.84. The van der Waals surface area contributed by atoms with E-state index >= 15 is 0 Å². The highest BCUT2D eigenvalue weighted by molar-refractivity contribution is 8.13. The molecule has 0 unspecified atom stereocenters. The molecule has 5 heteroatoms. The van der Waals surface area contributed by atoms with Crippen LogP contribution in [0.4, 0.5) is 0 Å². The van der Waals surface area contributed by atoms with Crippen LogP contribution in [0.1, 0.15) is 18.9 Å². The minimum Gasteiger partial charge on any atom is -0.492 e. The van der Waals surface area contributed by atoms with E-state index in [0.717, 1.165) is 24.2 Å². The third-order valence-corrected chi connectivity index (χ3v) is 3.19. The SMILES string of the molecule is CCCc1ccccc1OCCS(=O)(=O)Cl. The smallest absolute Gasteiger partial charge is 0.235 e. The molecule has 0 aliphatic rings. The van der Waals surface area contributed by atoms with Gasteiger partial charge < -0.3 is 4.74 Å². The van der Waals surface area contributed by atoms with Crippen molar-refractivity contribution < 1.29 is 13.2 Å². The van der Waals surface area contributed by atoms with Gasteiger partial charge in [0.1, 0.15) is 12.4 Å². The van der Waals surface area contributed by atoms with Crippen molar-refractivity contribution >= 4 is 19.7 Å². The molecule has 0 heterocycles. The summed E-state index contributed by atoms with van der Waals surface area (Å²) >= 11 is 0. The third kappa shape index (κ3) is 4.86. The van der Waals surface area contributed by atoms with Gasteiger partial charge in [-0.15, -0.1) is 0 Å². The Bertz CT molecular complexity index is 429. The van der Waals surface area contributed by atoms with E-state index in [1.807, 2.05) is 24.3 Å². The molecular formula is C11H15ClO3S. The highest BCUT2D eigenvalue weighted by Gasteiger charge is 2.07. The molecule has 0 saturated carbocycles. The van der Waals surface area contributed by atoms with Crippen molar-refractivity contribution in [1.82, 2.24) is 0 Å². The zero-order valence-corrected chi connectivity index (χ0v) is 10.7. The van der Waals surface area contributed by atoms with Crippen LogP contribution in [-0.2, 0) is 15.5 Å². The molecule has 0 saturated heterocycles. The molecule has 1 aromatic carbocycles. The molecule has 90 valence electrons. The summed E-state index contributed by atoms with van der Waals surface area (Å²) in [5.74, 6) is 0.569. The van der Waals surface area contributed by atoms with Gasteiger partial charge in [0, 0.05) is 10.7 Å². The number of hydrogen-bond acceptors (Lipinski definition) is 3. The largest absolute Gasteiger partial charge is 0.492 e. The van der Waals surface area contributed by atoms with Crippen LogP contribution in [0.3, 0.4) is 0 Å². The molecule has 0 aliphatic carbocycles. The fraction of sp³-hybridized carbons (Fsp3) is 0.455. The van der Waals surface area contributed by atoms with Gasteiger partial charge in [-0.1, -0.05) is 31.5 Å². The Labute approximate surface area is 101 Å². The van der Waals surface area contributed by atoms with Crippen LogP contribution in [0, 0.1) is 0 Å². The van der Waals surface area contributed by atoms with Gasteiger partial charge in [0.2, 0.25) is 9.05 Å². The molecule has 3 nitrogen and oxygen atoms in total. The molecule has 0 amide bonds. The molecule has 1 aromatic rings. The molecule has 0 atom stereocenters. The summed E-state index contributed by atoms with van der Waals surface area (Å²) in [4.78, 5) is 0. The maximum atomic E-state index is 10.7. The first-order chi connectivity index (χ1) is 7.53. The van der Waals surface area contributed by atoms with Crippen molar-refractivity contribution in [2.75, 3.05) is 12.4 Å². The first kappa shape index (κ1) is 13.3. The fourth-order valence-electron chi connectivity index (χ4n) is 1.37. The highest BCUT2D eigenvalue weighted by Crippen LogP contribution is 2.19. The van der Waals surface area contributed by atoms with Gasteiger partial charge in [-0.05, 0) is 18.1 Å². The van der Waals surface area contributed by atoms with Crippen molar-refractivity contribution in [3.63, 3.8) is 0 Å². The zero-order chi connectivity index (χ0) is 12.0. The second-order valence-electron chi connectivity index (χ2n) is 3.45. The van der Waals surface area contributed by atoms with Crippen LogP contribution in [-0.4, -0.2) is 20.8 Å². The Morgan fingerprint density at radius 3 is 2.62 bits per heavy atom. The molecule has 0 N–H and O–H groups in total. The molecule has 1 rings (SSSR count).